The van der Waals surface area contributed by atoms with E-state index in [0.29, 0.717) is 50.1 Å². The van der Waals surface area contributed by atoms with Crippen LogP contribution in [0.3, 0.4) is 0 Å². The normalized spacial score (nSPS) is 16.7. The number of piperazine rings is 1. The highest BCUT2D eigenvalue weighted by molar-refractivity contribution is 7.89. The molecule has 0 atom stereocenters. The number of rotatable bonds is 7. The molecule has 0 spiro atoms. The van der Waals surface area contributed by atoms with Gasteiger partial charge in [-0.25, -0.2) is 17.5 Å². The molecule has 4 rings (SSSR count). The Balaban J connectivity index is 1.25. The van der Waals surface area contributed by atoms with Gasteiger partial charge in [-0.3, -0.25) is 9.59 Å². The predicted octanol–water partition coefficient (Wildman–Crippen LogP) is 2.49. The molecule has 1 aliphatic carbocycles. The van der Waals surface area contributed by atoms with Gasteiger partial charge in [0.2, 0.25) is 15.9 Å². The van der Waals surface area contributed by atoms with Crippen molar-refractivity contribution in [3.8, 4) is 0 Å². The number of hydrogen-bond acceptors (Lipinski definition) is 4. The number of hydrogen-bond donors (Lipinski definition) is 1. The van der Waals surface area contributed by atoms with Crippen molar-refractivity contribution in [1.82, 2.24) is 14.5 Å². The van der Waals surface area contributed by atoms with Gasteiger partial charge in [0, 0.05) is 44.2 Å². The van der Waals surface area contributed by atoms with Crippen LogP contribution >= 0.6 is 0 Å². The molecular formula is C24H28FN3O4S. The quantitative estimate of drug-likeness (QED) is 0.670. The molecule has 1 aliphatic heterocycles. The number of carbonyl (C=O) groups is 2. The summed E-state index contributed by atoms with van der Waals surface area (Å²) in [5.74, 6) is -0.637. The van der Waals surface area contributed by atoms with E-state index in [0.717, 1.165) is 18.4 Å². The number of nitrogens with one attached hydrogen (secondary N) is 1. The van der Waals surface area contributed by atoms with Crippen molar-refractivity contribution >= 4 is 21.8 Å². The van der Waals surface area contributed by atoms with E-state index >= 15 is 0 Å². The Morgan fingerprint density at radius 1 is 1.00 bits per heavy atom. The van der Waals surface area contributed by atoms with Gasteiger partial charge in [0.1, 0.15) is 5.82 Å². The predicted molar refractivity (Wildman–Crippen MR) is 122 cm³/mol. The summed E-state index contributed by atoms with van der Waals surface area (Å²) in [6.07, 6.45) is 2.58. The second-order valence-electron chi connectivity index (χ2n) is 8.68. The van der Waals surface area contributed by atoms with Crippen LogP contribution in [-0.4, -0.2) is 62.3 Å². The van der Waals surface area contributed by atoms with E-state index in [-0.39, 0.29) is 22.8 Å². The second-order valence-corrected chi connectivity index (χ2v) is 10.4. The van der Waals surface area contributed by atoms with Crippen LogP contribution in [0.15, 0.2) is 47.4 Å². The number of aryl methyl sites for hydroxylation is 2. The maximum atomic E-state index is 13.8. The summed E-state index contributed by atoms with van der Waals surface area (Å²) >= 11 is 0. The van der Waals surface area contributed by atoms with Gasteiger partial charge in [-0.05, 0) is 61.6 Å². The van der Waals surface area contributed by atoms with Gasteiger partial charge in [-0.1, -0.05) is 18.2 Å². The van der Waals surface area contributed by atoms with Gasteiger partial charge in [-0.15, -0.1) is 0 Å². The SMILES string of the molecule is Cc1ccc(C(=O)N2CCN(C(=O)CCc3ccc(S(=O)(=O)NC4CC4)cc3)CC2)cc1F. The molecule has 2 aromatic carbocycles. The van der Waals surface area contributed by atoms with Crippen molar-refractivity contribution in [3.05, 3.63) is 65.0 Å². The average molecular weight is 474 g/mol. The molecule has 1 heterocycles. The lowest BCUT2D eigenvalue weighted by atomic mass is 10.1. The summed E-state index contributed by atoms with van der Waals surface area (Å²) in [5.41, 5.74) is 1.70. The third-order valence-electron chi connectivity index (χ3n) is 6.10. The van der Waals surface area contributed by atoms with E-state index in [1.165, 1.54) is 6.07 Å². The van der Waals surface area contributed by atoms with Crippen LogP contribution in [0.1, 0.15) is 40.7 Å². The highest BCUT2D eigenvalue weighted by Crippen LogP contribution is 2.22. The summed E-state index contributed by atoms with van der Waals surface area (Å²) < 4.78 is 40.9. The molecule has 33 heavy (non-hydrogen) atoms. The number of amides is 2. The topological polar surface area (TPSA) is 86.8 Å². The van der Waals surface area contributed by atoms with Gasteiger partial charge >= 0.3 is 0 Å². The van der Waals surface area contributed by atoms with Crippen LogP contribution < -0.4 is 4.72 Å². The van der Waals surface area contributed by atoms with Crippen molar-refractivity contribution in [2.24, 2.45) is 0 Å². The molecule has 0 unspecified atom stereocenters. The van der Waals surface area contributed by atoms with Crippen molar-refractivity contribution in [2.75, 3.05) is 26.2 Å². The lowest BCUT2D eigenvalue weighted by Gasteiger charge is -2.35. The number of benzene rings is 2. The average Bonchev–Trinajstić information content (AvgIpc) is 3.62. The van der Waals surface area contributed by atoms with Crippen LogP contribution in [0.2, 0.25) is 0 Å². The number of nitrogens with zero attached hydrogens (tertiary/aromatic N) is 2. The van der Waals surface area contributed by atoms with E-state index < -0.39 is 15.8 Å². The highest BCUT2D eigenvalue weighted by Gasteiger charge is 2.28. The molecule has 1 saturated carbocycles. The summed E-state index contributed by atoms with van der Waals surface area (Å²) in [6, 6.07) is 11.2. The first-order valence-electron chi connectivity index (χ1n) is 11.2. The Morgan fingerprint density at radius 2 is 1.64 bits per heavy atom. The summed E-state index contributed by atoms with van der Waals surface area (Å²) in [5, 5.41) is 0. The standard InChI is InChI=1S/C24H28FN3O4S/c1-17-2-6-19(16-22(17)25)24(30)28-14-12-27(13-15-28)23(29)11-5-18-3-9-21(10-4-18)33(31,32)26-20-7-8-20/h2-4,6,9-10,16,20,26H,5,7-8,11-15H2,1H3. The molecular weight excluding hydrogens is 445 g/mol. The number of sulfonamides is 1. The molecule has 2 fully saturated rings. The second kappa shape index (κ2) is 9.61. The zero-order valence-electron chi connectivity index (χ0n) is 18.6. The summed E-state index contributed by atoms with van der Waals surface area (Å²) in [6.45, 7) is 3.32. The lowest BCUT2D eigenvalue weighted by molar-refractivity contribution is -0.132. The number of halogens is 1. The third-order valence-corrected chi connectivity index (χ3v) is 7.64. The molecule has 0 bridgehead atoms. The summed E-state index contributed by atoms with van der Waals surface area (Å²) in [4.78, 5) is 28.9. The van der Waals surface area contributed by atoms with Crippen molar-refractivity contribution in [3.63, 3.8) is 0 Å². The first-order chi connectivity index (χ1) is 15.7. The lowest BCUT2D eigenvalue weighted by Crippen LogP contribution is -2.50. The Bertz CT molecular complexity index is 1140. The zero-order chi connectivity index (χ0) is 23.6. The van der Waals surface area contributed by atoms with E-state index in [9.17, 15) is 22.4 Å². The van der Waals surface area contributed by atoms with Gasteiger partial charge in [0.25, 0.3) is 5.91 Å². The molecule has 7 nitrogen and oxygen atoms in total. The first-order valence-corrected chi connectivity index (χ1v) is 12.7. The summed E-state index contributed by atoms with van der Waals surface area (Å²) in [7, 11) is -3.48. The van der Waals surface area contributed by atoms with Crippen molar-refractivity contribution in [1.29, 1.82) is 0 Å². The van der Waals surface area contributed by atoms with E-state index in [1.54, 1.807) is 53.1 Å². The molecule has 0 radical (unpaired) electrons. The van der Waals surface area contributed by atoms with Crippen LogP contribution in [0.4, 0.5) is 4.39 Å². The van der Waals surface area contributed by atoms with E-state index in [1.807, 2.05) is 0 Å². The van der Waals surface area contributed by atoms with Gasteiger partial charge < -0.3 is 9.80 Å². The molecule has 2 amide bonds. The minimum absolute atomic E-state index is 0.00409. The fourth-order valence-electron chi connectivity index (χ4n) is 3.80. The fourth-order valence-corrected chi connectivity index (χ4v) is 5.11. The highest BCUT2D eigenvalue weighted by atomic mass is 32.2. The minimum atomic E-state index is -3.48. The van der Waals surface area contributed by atoms with Crippen molar-refractivity contribution in [2.45, 2.75) is 43.5 Å². The fraction of sp³-hybridized carbons (Fsp3) is 0.417. The Labute approximate surface area is 193 Å². The largest absolute Gasteiger partial charge is 0.339 e. The maximum absolute atomic E-state index is 13.8. The molecule has 9 heteroatoms. The maximum Gasteiger partial charge on any atom is 0.254 e. The molecule has 176 valence electrons. The molecule has 2 aliphatic rings. The molecule has 1 N–H and O–H groups in total. The number of carbonyl (C=O) groups excluding carboxylic acids is 2. The van der Waals surface area contributed by atoms with Gasteiger partial charge in [0.15, 0.2) is 0 Å². The molecule has 2 aromatic rings. The Hall–Kier alpha value is -2.78. The molecule has 0 aromatic heterocycles. The smallest absolute Gasteiger partial charge is 0.254 e. The first kappa shape index (κ1) is 23.4. The minimum Gasteiger partial charge on any atom is -0.339 e. The monoisotopic (exact) mass is 473 g/mol. The van der Waals surface area contributed by atoms with Crippen molar-refractivity contribution < 1.29 is 22.4 Å². The Kier molecular flexibility index (Phi) is 6.81. The zero-order valence-corrected chi connectivity index (χ0v) is 19.4. The van der Waals surface area contributed by atoms with Gasteiger partial charge in [0.05, 0.1) is 4.90 Å². The van der Waals surface area contributed by atoms with Gasteiger partial charge in [-0.2, -0.15) is 0 Å². The molecule has 1 saturated heterocycles. The van der Waals surface area contributed by atoms with Crippen LogP contribution in [0.5, 0.6) is 0 Å². The Morgan fingerprint density at radius 3 is 2.24 bits per heavy atom. The van der Waals surface area contributed by atoms with E-state index in [4.69, 9.17) is 0 Å². The van der Waals surface area contributed by atoms with Crippen LogP contribution in [-0.2, 0) is 21.2 Å². The third kappa shape index (κ3) is 5.78. The van der Waals surface area contributed by atoms with Crippen LogP contribution in [0.25, 0.3) is 0 Å². The van der Waals surface area contributed by atoms with E-state index in [2.05, 4.69) is 4.72 Å². The van der Waals surface area contributed by atoms with Crippen LogP contribution in [0, 0.1) is 12.7 Å².